The Labute approximate surface area is 61.2 Å². The molecule has 10 heavy (non-hydrogen) atoms. The molecule has 0 aromatic carbocycles. The first-order valence-electron chi connectivity index (χ1n) is 2.61. The molecule has 1 heterocycles. The molecule has 1 aromatic heterocycles. The molecular formula is C5H6F2N2S. The van der Waals surface area contributed by atoms with Gasteiger partial charge in [-0.2, -0.15) is 18.6 Å². The molecule has 0 aliphatic rings. The highest BCUT2D eigenvalue weighted by molar-refractivity contribution is 7.98. The number of rotatable bonds is 2. The van der Waals surface area contributed by atoms with Crippen molar-refractivity contribution in [2.24, 2.45) is 0 Å². The number of hydrogen-bond donors (Lipinski definition) is 0. The average molecular weight is 164 g/mol. The lowest BCUT2D eigenvalue weighted by Crippen LogP contribution is -2.00. The highest BCUT2D eigenvalue weighted by Crippen LogP contribution is 2.19. The Bertz CT molecular complexity index is 211. The zero-order valence-electron chi connectivity index (χ0n) is 5.29. The van der Waals surface area contributed by atoms with Crippen molar-refractivity contribution < 1.29 is 8.78 Å². The Balaban J connectivity index is 2.90. The highest BCUT2D eigenvalue weighted by atomic mass is 32.2. The van der Waals surface area contributed by atoms with Gasteiger partial charge in [-0.1, -0.05) is 0 Å². The van der Waals surface area contributed by atoms with Crippen LogP contribution in [0.15, 0.2) is 17.3 Å². The third-order valence-corrected chi connectivity index (χ3v) is 1.77. The molecule has 0 aliphatic carbocycles. The summed E-state index contributed by atoms with van der Waals surface area (Å²) in [5.74, 6) is 0. The van der Waals surface area contributed by atoms with Gasteiger partial charge in [0, 0.05) is 0 Å². The van der Waals surface area contributed by atoms with E-state index in [0.717, 1.165) is 0 Å². The summed E-state index contributed by atoms with van der Waals surface area (Å²) < 4.78 is 24.6. The summed E-state index contributed by atoms with van der Waals surface area (Å²) >= 11 is 1.25. The lowest BCUT2D eigenvalue weighted by atomic mass is 10.7. The predicted molar refractivity (Wildman–Crippen MR) is 35.3 cm³/mol. The van der Waals surface area contributed by atoms with Gasteiger partial charge in [-0.05, 0) is 12.3 Å². The summed E-state index contributed by atoms with van der Waals surface area (Å²) in [5, 5.41) is 3.91. The molecular weight excluding hydrogens is 158 g/mol. The number of nitrogens with zero attached hydrogens (tertiary/aromatic N) is 2. The number of alkyl halides is 2. The van der Waals surface area contributed by atoms with Crippen molar-refractivity contribution in [1.29, 1.82) is 0 Å². The Kier molecular flexibility index (Phi) is 2.26. The molecule has 0 radical (unpaired) electrons. The second-order valence-electron chi connectivity index (χ2n) is 1.60. The molecule has 0 amide bonds. The zero-order chi connectivity index (χ0) is 7.56. The number of halogens is 2. The summed E-state index contributed by atoms with van der Waals surface area (Å²) in [7, 11) is 0. The summed E-state index contributed by atoms with van der Waals surface area (Å²) in [6.07, 6.45) is 3.09. The van der Waals surface area contributed by atoms with E-state index in [4.69, 9.17) is 0 Å². The molecule has 0 N–H and O–H groups in total. The van der Waals surface area contributed by atoms with E-state index in [1.165, 1.54) is 18.0 Å². The van der Waals surface area contributed by atoms with Crippen LogP contribution in [0.1, 0.15) is 6.55 Å². The van der Waals surface area contributed by atoms with Gasteiger partial charge < -0.3 is 0 Å². The molecule has 1 aromatic rings. The summed E-state index contributed by atoms with van der Waals surface area (Å²) in [4.78, 5) is 0. The van der Waals surface area contributed by atoms with Gasteiger partial charge in [0.2, 0.25) is 0 Å². The molecule has 5 heteroatoms. The van der Waals surface area contributed by atoms with Crippen LogP contribution in [0, 0.1) is 0 Å². The van der Waals surface area contributed by atoms with Crippen LogP contribution in [-0.4, -0.2) is 16.0 Å². The van der Waals surface area contributed by atoms with Crippen molar-refractivity contribution in [2.45, 2.75) is 11.6 Å². The average Bonchev–Trinajstić information content (AvgIpc) is 2.33. The summed E-state index contributed by atoms with van der Waals surface area (Å²) in [5.41, 5.74) is 0. The van der Waals surface area contributed by atoms with Gasteiger partial charge in [0.25, 0.3) is 0 Å². The standard InChI is InChI=1S/C5H6F2N2S/c1-10-4-2-3-8-9(4)5(6)7/h2-3,5H,1H3. The zero-order valence-corrected chi connectivity index (χ0v) is 6.11. The lowest BCUT2D eigenvalue weighted by Gasteiger charge is -2.01. The number of aromatic nitrogens is 2. The first-order chi connectivity index (χ1) is 4.75. The molecule has 0 atom stereocenters. The first-order valence-corrected chi connectivity index (χ1v) is 3.84. The van der Waals surface area contributed by atoms with Crippen molar-refractivity contribution in [1.82, 2.24) is 9.78 Å². The fourth-order valence-electron chi connectivity index (χ4n) is 0.610. The van der Waals surface area contributed by atoms with Crippen molar-refractivity contribution in [3.8, 4) is 0 Å². The number of hydrogen-bond acceptors (Lipinski definition) is 2. The van der Waals surface area contributed by atoms with Gasteiger partial charge in [-0.15, -0.1) is 11.8 Å². The summed E-state index contributed by atoms with van der Waals surface area (Å²) in [6, 6.07) is 1.55. The van der Waals surface area contributed by atoms with Gasteiger partial charge >= 0.3 is 6.55 Å². The molecule has 0 fully saturated rings. The molecule has 56 valence electrons. The Morgan fingerprint density at radius 2 is 2.40 bits per heavy atom. The van der Waals surface area contributed by atoms with Gasteiger partial charge in [-0.3, -0.25) is 0 Å². The van der Waals surface area contributed by atoms with E-state index in [1.807, 2.05) is 0 Å². The van der Waals surface area contributed by atoms with E-state index in [1.54, 1.807) is 12.3 Å². The minimum atomic E-state index is -2.53. The molecule has 1 rings (SSSR count). The molecule has 0 aliphatic heterocycles. The van der Waals surface area contributed by atoms with Gasteiger partial charge in [-0.25, -0.2) is 0 Å². The van der Waals surface area contributed by atoms with E-state index < -0.39 is 6.55 Å². The van der Waals surface area contributed by atoms with Crippen LogP contribution in [-0.2, 0) is 0 Å². The lowest BCUT2D eigenvalue weighted by molar-refractivity contribution is 0.0475. The highest BCUT2D eigenvalue weighted by Gasteiger charge is 2.09. The van der Waals surface area contributed by atoms with Gasteiger partial charge in [0.05, 0.1) is 11.2 Å². The van der Waals surface area contributed by atoms with Gasteiger partial charge in [0.1, 0.15) is 0 Å². The quantitative estimate of drug-likeness (QED) is 0.622. The monoisotopic (exact) mass is 164 g/mol. The fraction of sp³-hybridized carbons (Fsp3) is 0.400. The topological polar surface area (TPSA) is 17.8 Å². The molecule has 0 unspecified atom stereocenters. The van der Waals surface area contributed by atoms with Crippen LogP contribution < -0.4 is 0 Å². The van der Waals surface area contributed by atoms with Crippen LogP contribution >= 0.6 is 11.8 Å². The third kappa shape index (κ3) is 1.29. The van der Waals surface area contributed by atoms with Crippen LogP contribution in [0.2, 0.25) is 0 Å². The fourth-order valence-corrected chi connectivity index (χ4v) is 1.12. The third-order valence-electron chi connectivity index (χ3n) is 1.03. The van der Waals surface area contributed by atoms with Gasteiger partial charge in [0.15, 0.2) is 0 Å². The maximum atomic E-state index is 11.9. The van der Waals surface area contributed by atoms with E-state index in [2.05, 4.69) is 5.10 Å². The molecule has 0 saturated heterocycles. The number of thioether (sulfide) groups is 1. The van der Waals surface area contributed by atoms with Crippen LogP contribution in [0.5, 0.6) is 0 Å². The van der Waals surface area contributed by atoms with E-state index in [-0.39, 0.29) is 0 Å². The minimum Gasteiger partial charge on any atom is -0.198 e. The maximum Gasteiger partial charge on any atom is 0.334 e. The Morgan fingerprint density at radius 3 is 2.80 bits per heavy atom. The smallest absolute Gasteiger partial charge is 0.198 e. The van der Waals surface area contributed by atoms with Crippen molar-refractivity contribution in [3.05, 3.63) is 12.3 Å². The Morgan fingerprint density at radius 1 is 1.70 bits per heavy atom. The second-order valence-corrected chi connectivity index (χ2v) is 2.42. The minimum absolute atomic E-state index is 0.481. The Hall–Kier alpha value is -0.580. The van der Waals surface area contributed by atoms with Crippen molar-refractivity contribution in [2.75, 3.05) is 6.26 Å². The van der Waals surface area contributed by atoms with E-state index >= 15 is 0 Å². The molecule has 0 saturated carbocycles. The van der Waals surface area contributed by atoms with E-state index in [9.17, 15) is 8.78 Å². The van der Waals surface area contributed by atoms with Crippen molar-refractivity contribution >= 4 is 11.8 Å². The normalized spacial score (nSPS) is 10.8. The maximum absolute atomic E-state index is 11.9. The van der Waals surface area contributed by atoms with E-state index in [0.29, 0.717) is 9.71 Å². The predicted octanol–water partition coefficient (Wildman–Crippen LogP) is 2.00. The second kappa shape index (κ2) is 3.01. The first kappa shape index (κ1) is 7.53. The van der Waals surface area contributed by atoms with Crippen LogP contribution in [0.4, 0.5) is 8.78 Å². The molecule has 0 spiro atoms. The summed E-state index contributed by atoms with van der Waals surface area (Å²) in [6.45, 7) is -2.53. The molecule has 0 bridgehead atoms. The van der Waals surface area contributed by atoms with Crippen molar-refractivity contribution in [3.63, 3.8) is 0 Å². The largest absolute Gasteiger partial charge is 0.334 e. The molecule has 2 nitrogen and oxygen atoms in total. The van der Waals surface area contributed by atoms with Crippen LogP contribution in [0.3, 0.4) is 0 Å². The van der Waals surface area contributed by atoms with Crippen LogP contribution in [0.25, 0.3) is 0 Å². The SMILES string of the molecule is CSc1ccnn1C(F)F.